The number of nitrogens with zero attached hydrogens (tertiary/aromatic N) is 6. The topological polar surface area (TPSA) is 113 Å². The molecule has 2 aliphatic heterocycles. The van der Waals surface area contributed by atoms with E-state index in [4.69, 9.17) is 4.98 Å². The maximum absolute atomic E-state index is 13.5. The Balaban J connectivity index is 1.47. The van der Waals surface area contributed by atoms with Crippen LogP contribution in [0.5, 0.6) is 0 Å². The van der Waals surface area contributed by atoms with Crippen molar-refractivity contribution in [3.63, 3.8) is 0 Å². The highest BCUT2D eigenvalue weighted by Crippen LogP contribution is 2.28. The van der Waals surface area contributed by atoms with Crippen molar-refractivity contribution in [1.29, 1.82) is 0 Å². The van der Waals surface area contributed by atoms with Crippen LogP contribution in [0, 0.1) is 5.92 Å². The molecule has 40 heavy (non-hydrogen) atoms. The third-order valence-electron chi connectivity index (χ3n) is 7.53. The van der Waals surface area contributed by atoms with E-state index < -0.39 is 5.92 Å². The first-order valence-corrected chi connectivity index (χ1v) is 13.6. The Morgan fingerprint density at radius 1 is 1.10 bits per heavy atom. The van der Waals surface area contributed by atoms with E-state index in [1.807, 2.05) is 56.0 Å². The summed E-state index contributed by atoms with van der Waals surface area (Å²) in [6.45, 7) is 10.9. The Labute approximate surface area is 233 Å². The number of carbonyl (C=O) groups is 3. The molecule has 0 radical (unpaired) electrons. The van der Waals surface area contributed by atoms with Gasteiger partial charge in [-0.3, -0.25) is 14.4 Å². The van der Waals surface area contributed by atoms with Crippen molar-refractivity contribution >= 4 is 34.5 Å². The van der Waals surface area contributed by atoms with Crippen LogP contribution in [0.15, 0.2) is 53.2 Å². The Morgan fingerprint density at radius 2 is 1.85 bits per heavy atom. The summed E-state index contributed by atoms with van der Waals surface area (Å²) in [4.78, 5) is 52.3. The molecule has 0 spiro atoms. The maximum Gasteiger partial charge on any atom is 0.254 e. The second-order valence-corrected chi connectivity index (χ2v) is 10.9. The zero-order valence-corrected chi connectivity index (χ0v) is 23.6. The summed E-state index contributed by atoms with van der Waals surface area (Å²) >= 11 is 0. The molecular weight excluding hydrogens is 506 g/mol. The van der Waals surface area contributed by atoms with Crippen molar-refractivity contribution in [2.24, 2.45) is 10.9 Å². The van der Waals surface area contributed by atoms with Crippen molar-refractivity contribution in [3.8, 4) is 11.3 Å². The molecule has 10 heteroatoms. The Morgan fingerprint density at radius 3 is 2.55 bits per heavy atom. The third-order valence-corrected chi connectivity index (χ3v) is 7.53. The lowest BCUT2D eigenvalue weighted by Gasteiger charge is -2.32. The number of nitrogens with one attached hydrogen (secondary N) is 1. The molecule has 0 aliphatic carbocycles. The van der Waals surface area contributed by atoms with E-state index in [0.717, 1.165) is 24.2 Å². The predicted molar refractivity (Wildman–Crippen MR) is 154 cm³/mol. The van der Waals surface area contributed by atoms with Crippen LogP contribution in [0.1, 0.15) is 54.5 Å². The summed E-state index contributed by atoms with van der Waals surface area (Å²) in [6, 6.07) is 9.14. The number of amides is 3. The van der Waals surface area contributed by atoms with Crippen LogP contribution in [0.3, 0.4) is 0 Å². The average molecular weight is 542 g/mol. The largest absolute Gasteiger partial charge is 0.351 e. The minimum absolute atomic E-state index is 0.0142. The number of allylic oxidation sites excluding steroid dienone is 1. The molecule has 2 aromatic heterocycles. The quantitative estimate of drug-likeness (QED) is 0.512. The number of rotatable bonds is 6. The molecule has 1 saturated heterocycles. The van der Waals surface area contributed by atoms with Crippen LogP contribution in [0.25, 0.3) is 22.3 Å². The number of fused-ring (bicyclic) bond motifs is 1. The molecule has 1 unspecified atom stereocenters. The molecule has 4 heterocycles. The van der Waals surface area contributed by atoms with Gasteiger partial charge in [-0.2, -0.15) is 5.10 Å². The Kier molecular flexibility index (Phi) is 7.62. The lowest BCUT2D eigenvalue weighted by Crippen LogP contribution is -2.47. The molecule has 1 aromatic carbocycles. The minimum Gasteiger partial charge on any atom is -0.351 e. The molecule has 0 saturated carbocycles. The number of pyridine rings is 1. The molecule has 2 aliphatic rings. The first-order valence-electron chi connectivity index (χ1n) is 13.6. The van der Waals surface area contributed by atoms with E-state index in [1.54, 1.807) is 23.9 Å². The summed E-state index contributed by atoms with van der Waals surface area (Å²) in [5.74, 6) is -1.10. The number of carbonyl (C=O) groups excluding carboxylic acids is 3. The highest BCUT2D eigenvalue weighted by molar-refractivity contribution is 6.08. The number of aliphatic imine (C=N–C) groups is 1. The molecule has 5 rings (SSSR count). The van der Waals surface area contributed by atoms with Gasteiger partial charge in [0, 0.05) is 55.6 Å². The van der Waals surface area contributed by atoms with E-state index in [2.05, 4.69) is 27.4 Å². The van der Waals surface area contributed by atoms with E-state index in [1.165, 1.54) is 0 Å². The molecule has 1 atom stereocenters. The summed E-state index contributed by atoms with van der Waals surface area (Å²) in [5.41, 5.74) is 4.41. The van der Waals surface area contributed by atoms with Gasteiger partial charge in [0.15, 0.2) is 5.65 Å². The summed E-state index contributed by atoms with van der Waals surface area (Å²) < 4.78 is 1.78. The number of hydrogen-bond donors (Lipinski definition) is 1. The van der Waals surface area contributed by atoms with E-state index >= 15 is 0 Å². The number of dihydropyridines is 1. The Bertz CT molecular complexity index is 1540. The van der Waals surface area contributed by atoms with E-state index in [0.29, 0.717) is 46.7 Å². The predicted octanol–water partition coefficient (Wildman–Crippen LogP) is 3.36. The molecule has 3 amide bonds. The van der Waals surface area contributed by atoms with Crippen molar-refractivity contribution in [2.75, 3.05) is 39.8 Å². The fourth-order valence-corrected chi connectivity index (χ4v) is 5.18. The summed E-state index contributed by atoms with van der Waals surface area (Å²) in [6.07, 6.45) is 3.52. The van der Waals surface area contributed by atoms with Gasteiger partial charge >= 0.3 is 0 Å². The number of hydrogen-bond acceptors (Lipinski definition) is 6. The van der Waals surface area contributed by atoms with Gasteiger partial charge in [0.2, 0.25) is 0 Å². The SMILES string of the molecule is CC1=CC(C)=NC(=O)C1CNC(=O)c1cc(-c2cccc(C(=O)N3CCN(C)CC3)c2)nc2c1cnn2C(C)C. The fourth-order valence-electron chi connectivity index (χ4n) is 5.18. The molecule has 10 nitrogen and oxygen atoms in total. The molecule has 208 valence electrons. The van der Waals surface area contributed by atoms with Crippen molar-refractivity contribution < 1.29 is 14.4 Å². The highest BCUT2D eigenvalue weighted by Gasteiger charge is 2.26. The fraction of sp³-hybridized carbons (Fsp3) is 0.400. The van der Waals surface area contributed by atoms with Crippen molar-refractivity contribution in [1.82, 2.24) is 29.9 Å². The number of likely N-dealkylation sites (N-methyl/N-ethyl adjacent to an activating group) is 1. The molecule has 1 N–H and O–H groups in total. The van der Waals surface area contributed by atoms with Crippen LogP contribution in [0.4, 0.5) is 0 Å². The Hall–Kier alpha value is -4.18. The summed E-state index contributed by atoms with van der Waals surface area (Å²) in [5, 5.41) is 8.05. The second-order valence-electron chi connectivity index (χ2n) is 10.9. The minimum atomic E-state index is -0.500. The second kappa shape index (κ2) is 11.1. The maximum atomic E-state index is 13.5. The number of benzene rings is 1. The normalized spacial score (nSPS) is 18.2. The van der Waals surface area contributed by atoms with Gasteiger partial charge in [0.1, 0.15) is 0 Å². The van der Waals surface area contributed by atoms with Crippen LogP contribution in [0.2, 0.25) is 0 Å². The zero-order chi connectivity index (χ0) is 28.6. The highest BCUT2D eigenvalue weighted by atomic mass is 16.2. The lowest BCUT2D eigenvalue weighted by molar-refractivity contribution is -0.120. The van der Waals surface area contributed by atoms with Gasteiger partial charge in [-0.1, -0.05) is 17.7 Å². The first-order chi connectivity index (χ1) is 19.1. The zero-order valence-electron chi connectivity index (χ0n) is 23.6. The first kappa shape index (κ1) is 27.4. The van der Waals surface area contributed by atoms with Gasteiger partial charge in [-0.25, -0.2) is 14.7 Å². The van der Waals surface area contributed by atoms with Gasteiger partial charge in [0.25, 0.3) is 17.7 Å². The summed E-state index contributed by atoms with van der Waals surface area (Å²) in [7, 11) is 2.06. The van der Waals surface area contributed by atoms with Gasteiger partial charge in [-0.15, -0.1) is 0 Å². The third kappa shape index (κ3) is 5.44. The van der Waals surface area contributed by atoms with E-state index in [-0.39, 0.29) is 30.3 Å². The van der Waals surface area contributed by atoms with Crippen LogP contribution in [-0.2, 0) is 4.79 Å². The standard InChI is InChI=1S/C30H35N7O3/c1-18(2)37-27-25(17-32-37)23(28(38)31-16-24-19(3)13-20(4)33-29(24)39)15-26(34-27)21-7-6-8-22(14-21)30(40)36-11-9-35(5)10-12-36/h6-8,13-15,17-18,24H,9-12,16H2,1-5H3,(H,31,38). The average Bonchev–Trinajstić information content (AvgIpc) is 3.36. The van der Waals surface area contributed by atoms with Crippen LogP contribution in [-0.4, -0.2) is 87.8 Å². The number of piperazine rings is 1. The van der Waals surface area contributed by atoms with Crippen LogP contribution >= 0.6 is 0 Å². The molecule has 3 aromatic rings. The van der Waals surface area contributed by atoms with Gasteiger partial charge in [0.05, 0.1) is 28.8 Å². The monoisotopic (exact) mass is 541 g/mol. The smallest absolute Gasteiger partial charge is 0.254 e. The van der Waals surface area contributed by atoms with Gasteiger partial charge in [-0.05, 0) is 59.0 Å². The molecule has 1 fully saturated rings. The molecule has 0 bridgehead atoms. The van der Waals surface area contributed by atoms with E-state index in [9.17, 15) is 14.4 Å². The van der Waals surface area contributed by atoms with Crippen LogP contribution < -0.4 is 5.32 Å². The van der Waals surface area contributed by atoms with Gasteiger partial charge < -0.3 is 15.1 Å². The molecular formula is C30H35N7O3. The lowest BCUT2D eigenvalue weighted by atomic mass is 9.95. The van der Waals surface area contributed by atoms with Crippen molar-refractivity contribution in [2.45, 2.75) is 33.7 Å². The number of aromatic nitrogens is 3. The van der Waals surface area contributed by atoms with Crippen molar-refractivity contribution in [3.05, 3.63) is 59.3 Å².